The summed E-state index contributed by atoms with van der Waals surface area (Å²) in [4.78, 5) is 154. The second-order valence-corrected chi connectivity index (χ2v) is 23.4. The van der Waals surface area contributed by atoms with Crippen LogP contribution in [-0.4, -0.2) is 214 Å². The van der Waals surface area contributed by atoms with Crippen molar-refractivity contribution in [1.29, 1.82) is 10.8 Å². The van der Waals surface area contributed by atoms with Gasteiger partial charge in [0.15, 0.2) is 11.9 Å². The molecular formula is C56H102N24O11S2. The Morgan fingerprint density at radius 1 is 0.462 bits per heavy atom. The van der Waals surface area contributed by atoms with Crippen LogP contribution in [0.15, 0.2) is 25.0 Å². The third-order valence-electron chi connectivity index (χ3n) is 14.5. The number of nitrogens with two attached hydrogens (primary N) is 7. The number of hydrogen-bond donors (Lipinski definition) is 24. The highest BCUT2D eigenvalue weighted by Gasteiger charge is 2.36. The van der Waals surface area contributed by atoms with Gasteiger partial charge < -0.3 is 114 Å². The van der Waals surface area contributed by atoms with Crippen LogP contribution >= 0.6 is 24.4 Å². The number of hydrogen-bond acceptors (Lipinski definition) is 21. The van der Waals surface area contributed by atoms with E-state index in [1.54, 1.807) is 6.26 Å². The maximum Gasteiger partial charge on any atom is 0.326 e. The highest BCUT2D eigenvalue weighted by atomic mass is 32.2. The molecule has 524 valence electrons. The van der Waals surface area contributed by atoms with Gasteiger partial charge in [0.2, 0.25) is 53.2 Å². The number of unbranched alkanes of at least 4 members (excludes halogenated alkanes) is 4. The van der Waals surface area contributed by atoms with Gasteiger partial charge in [0, 0.05) is 44.1 Å². The van der Waals surface area contributed by atoms with Crippen LogP contribution in [0.2, 0.25) is 0 Å². The molecular weight excluding hydrogens is 1250 g/mol. The van der Waals surface area contributed by atoms with Crippen molar-refractivity contribution < 1.29 is 53.1 Å². The van der Waals surface area contributed by atoms with Crippen LogP contribution in [0.4, 0.5) is 0 Å². The summed E-state index contributed by atoms with van der Waals surface area (Å²) in [6.45, 7) is 1.44. The number of thioether (sulfide) groups is 1. The summed E-state index contributed by atoms with van der Waals surface area (Å²) in [5, 5.41) is 54.1. The minimum absolute atomic E-state index is 0.00719. The summed E-state index contributed by atoms with van der Waals surface area (Å²) < 4.78 is 0. The number of carbonyl (C=O) groups excluding carboxylic acids is 9. The molecule has 2 aromatic heterocycles. The minimum atomic E-state index is -1.42. The summed E-state index contributed by atoms with van der Waals surface area (Å²) in [6.07, 6.45) is 11.3. The van der Waals surface area contributed by atoms with Gasteiger partial charge >= 0.3 is 5.97 Å². The molecule has 0 bridgehead atoms. The number of nitrogens with one attached hydrogen (secondary N) is 15. The number of H-pyrrole nitrogens is 2. The van der Waals surface area contributed by atoms with Crippen molar-refractivity contribution in [2.24, 2.45) is 40.1 Å². The monoisotopic (exact) mass is 1350 g/mol. The van der Waals surface area contributed by atoms with E-state index in [9.17, 15) is 53.1 Å². The number of aliphatic carboxylic acids is 1. The molecule has 0 radical (unpaired) electrons. The van der Waals surface area contributed by atoms with Crippen molar-refractivity contribution in [2.45, 2.75) is 182 Å². The smallest absolute Gasteiger partial charge is 0.326 e. The number of imidazole rings is 2. The lowest BCUT2D eigenvalue weighted by Crippen LogP contribution is -2.61. The van der Waals surface area contributed by atoms with E-state index < -0.39 is 120 Å². The third kappa shape index (κ3) is 33.5. The van der Waals surface area contributed by atoms with Gasteiger partial charge in [-0.3, -0.25) is 54.0 Å². The number of carboxylic acids is 1. The lowest BCUT2D eigenvalue weighted by atomic mass is 10.0. The van der Waals surface area contributed by atoms with Gasteiger partial charge in [-0.1, -0.05) is 0 Å². The van der Waals surface area contributed by atoms with Crippen molar-refractivity contribution in [3.8, 4) is 0 Å². The lowest BCUT2D eigenvalue weighted by Gasteiger charge is -2.28. The molecule has 0 saturated carbocycles. The first-order valence-corrected chi connectivity index (χ1v) is 33.3. The van der Waals surface area contributed by atoms with Crippen molar-refractivity contribution in [3.63, 3.8) is 0 Å². The maximum absolute atomic E-state index is 14.6. The molecule has 0 aliphatic carbocycles. The van der Waals surface area contributed by atoms with Crippen LogP contribution in [0.1, 0.15) is 121 Å². The number of amides is 9. The number of carbonyl (C=O) groups is 10. The molecule has 0 saturated heterocycles. The van der Waals surface area contributed by atoms with E-state index in [-0.39, 0.29) is 108 Å². The van der Waals surface area contributed by atoms with Crippen LogP contribution in [-0.2, 0) is 60.8 Å². The molecule has 0 spiro atoms. The fourth-order valence-corrected chi connectivity index (χ4v) is 10.0. The highest BCUT2D eigenvalue weighted by molar-refractivity contribution is 7.98. The molecule has 2 rings (SSSR count). The number of guanidine groups is 2. The standard InChI is InChI=1S/C56H102N24O11S2/c1-93-25-18-40(76-46(82)37(14-3-7-20-58)75-51(87)42(26-33-28-66-31-70-33)78-48(84)36(13-2-6-19-57)72-45(81)35(61)12-10-23-68-55(62)63)50(86)74-39(17-11-24-69-56(64)65)47(83)73-38(15-4-8-21-59)49(85)80-44(30-92)53(89)79-43(27-34-29-67-32-71-34)52(88)77-41(54(90)91)16-5-9-22-60/h28-29,31-32,35-44,92H,2-27,30,57-61H2,1H3,(H,66,70)(H,67,71)(H,72,81)(H,73,83)(H,74,86)(H,75,87)(H,76,82)(H,77,88)(H,78,84)(H,79,89)(H,80,85)(H,90,91)(H4,62,63,68)(H4,64,65,69)/t35-,36-,37-,38-,39-,40-,41-,42-,43-,44-/m0/s1. The minimum Gasteiger partial charge on any atom is -0.480 e. The number of carboxylic acid groups (broad SMARTS) is 1. The van der Waals surface area contributed by atoms with Gasteiger partial charge in [0.05, 0.1) is 30.1 Å². The van der Waals surface area contributed by atoms with Crippen LogP contribution in [0.5, 0.6) is 0 Å². The molecule has 93 heavy (non-hydrogen) atoms. The Balaban J connectivity index is 2.49. The zero-order valence-corrected chi connectivity index (χ0v) is 54.7. The van der Waals surface area contributed by atoms with E-state index in [1.165, 1.54) is 36.8 Å². The molecule has 0 aromatic carbocycles. The molecule has 9 amide bonds. The molecule has 2 aromatic rings. The lowest BCUT2D eigenvalue weighted by molar-refractivity contribution is -0.142. The number of rotatable bonds is 51. The van der Waals surface area contributed by atoms with Crippen LogP contribution in [0.3, 0.4) is 0 Å². The summed E-state index contributed by atoms with van der Waals surface area (Å²) in [5.74, 6) is -9.12. The molecule has 2 heterocycles. The van der Waals surface area contributed by atoms with Gasteiger partial charge in [-0.25, -0.2) is 14.8 Å². The Morgan fingerprint density at radius 3 is 1.10 bits per heavy atom. The van der Waals surface area contributed by atoms with Crippen LogP contribution < -0.4 is 98.6 Å². The summed E-state index contributed by atoms with van der Waals surface area (Å²) in [6, 6.07) is -13.1. The maximum atomic E-state index is 14.6. The first-order valence-electron chi connectivity index (χ1n) is 31.2. The van der Waals surface area contributed by atoms with Gasteiger partial charge in [-0.05, 0) is 147 Å². The number of aromatic amines is 2. The molecule has 37 heteroatoms. The number of thiol groups is 1. The van der Waals surface area contributed by atoms with Gasteiger partial charge in [0.1, 0.15) is 54.4 Å². The predicted octanol–water partition coefficient (Wildman–Crippen LogP) is -5.58. The molecule has 30 N–H and O–H groups in total. The molecule has 35 nitrogen and oxygen atoms in total. The Morgan fingerprint density at radius 2 is 0.763 bits per heavy atom. The van der Waals surface area contributed by atoms with Gasteiger partial charge in [0.25, 0.3) is 0 Å². The van der Waals surface area contributed by atoms with Crippen molar-refractivity contribution in [2.75, 3.05) is 57.0 Å². The first kappa shape index (κ1) is 81.3. The van der Waals surface area contributed by atoms with Crippen LogP contribution in [0, 0.1) is 10.8 Å². The zero-order valence-electron chi connectivity index (χ0n) is 53.0. The highest BCUT2D eigenvalue weighted by Crippen LogP contribution is 2.13. The van der Waals surface area contributed by atoms with E-state index in [2.05, 4.69) is 91.0 Å². The van der Waals surface area contributed by atoms with Crippen LogP contribution in [0.25, 0.3) is 0 Å². The van der Waals surface area contributed by atoms with E-state index in [1.807, 2.05) is 0 Å². The quantitative estimate of drug-likeness (QED) is 0.0127. The van der Waals surface area contributed by atoms with Gasteiger partial charge in [-0.15, -0.1) is 0 Å². The molecule has 10 atom stereocenters. The van der Waals surface area contributed by atoms with Crippen molar-refractivity contribution in [1.82, 2.24) is 78.4 Å². The second-order valence-electron chi connectivity index (χ2n) is 22.1. The zero-order chi connectivity index (χ0) is 69.1. The molecule has 0 aliphatic rings. The number of aromatic nitrogens is 4. The Kier molecular flexibility index (Phi) is 41.2. The van der Waals surface area contributed by atoms with E-state index in [0.717, 1.165) is 0 Å². The SMILES string of the molecule is CSCC[C@H](NC(=O)[C@H](CCCCN)NC(=O)[C@H](Cc1c[nH]cn1)NC(=O)[C@H](CCCCN)NC(=O)[C@@H](N)CCCNC(=N)N)C(=O)N[C@@H](CCCNC(=N)N)C(=O)N[C@@H](CCCCN)C(=O)N[C@@H](CS)C(=O)N[C@@H](Cc1c[nH]cn1)C(=O)N[C@@H](CCCCN)C(=O)O. The van der Waals surface area contributed by atoms with E-state index >= 15 is 0 Å². The predicted molar refractivity (Wildman–Crippen MR) is 354 cm³/mol. The topological polar surface area (TPSA) is 610 Å². The van der Waals surface area contributed by atoms with Gasteiger partial charge in [-0.2, -0.15) is 24.4 Å². The van der Waals surface area contributed by atoms with Crippen molar-refractivity contribution in [3.05, 3.63) is 36.4 Å². The Bertz CT molecular complexity index is 2610. The second kappa shape index (κ2) is 47.1. The molecule has 0 aliphatic heterocycles. The average Bonchev–Trinajstić information content (AvgIpc) is 1.55. The summed E-state index contributed by atoms with van der Waals surface area (Å²) >= 11 is 5.67. The van der Waals surface area contributed by atoms with Crippen molar-refractivity contribution >= 4 is 95.4 Å². The third-order valence-corrected chi connectivity index (χ3v) is 15.5. The fourth-order valence-electron chi connectivity index (χ4n) is 9.31. The Hall–Kier alpha value is -7.84. The first-order chi connectivity index (χ1) is 44.5. The average molecular weight is 1350 g/mol. The van der Waals surface area contributed by atoms with E-state index in [0.29, 0.717) is 88.0 Å². The molecule has 0 unspecified atom stereocenters. The summed E-state index contributed by atoms with van der Waals surface area (Å²) in [7, 11) is 0. The fraction of sp³-hybridized carbons (Fsp3) is 0.679. The number of nitrogens with zero attached hydrogens (tertiary/aromatic N) is 2. The largest absolute Gasteiger partial charge is 0.480 e. The normalized spacial score (nSPS) is 14.3. The Labute approximate surface area is 551 Å². The van der Waals surface area contributed by atoms with E-state index in [4.69, 9.17) is 51.0 Å². The molecule has 0 fully saturated rings. The summed E-state index contributed by atoms with van der Waals surface area (Å²) in [5.41, 5.74) is 40.8.